The molecule has 0 aliphatic heterocycles. The molecule has 0 radical (unpaired) electrons. The third-order valence-electron chi connectivity index (χ3n) is 4.52. The second-order valence-corrected chi connectivity index (χ2v) is 7.03. The van der Waals surface area contributed by atoms with Gasteiger partial charge in [-0.15, -0.1) is 0 Å². The number of anilines is 3. The molecule has 0 saturated heterocycles. The van der Waals surface area contributed by atoms with E-state index in [1.54, 1.807) is 44.8 Å². The van der Waals surface area contributed by atoms with Gasteiger partial charge in [0.2, 0.25) is 5.95 Å². The number of methoxy groups -OCH3 is 1. The van der Waals surface area contributed by atoms with Crippen molar-refractivity contribution < 1.29 is 13.9 Å². The molecule has 2 aromatic heterocycles. The molecule has 2 aromatic carbocycles. The van der Waals surface area contributed by atoms with Gasteiger partial charge >= 0.3 is 0 Å². The van der Waals surface area contributed by atoms with Gasteiger partial charge in [0.1, 0.15) is 18.2 Å². The van der Waals surface area contributed by atoms with Crippen LogP contribution in [0.2, 0.25) is 5.02 Å². The highest BCUT2D eigenvalue weighted by Gasteiger charge is 2.11. The van der Waals surface area contributed by atoms with E-state index in [9.17, 15) is 4.39 Å². The van der Waals surface area contributed by atoms with Crippen LogP contribution in [0.25, 0.3) is 10.9 Å². The van der Waals surface area contributed by atoms with Gasteiger partial charge in [-0.1, -0.05) is 11.6 Å². The fourth-order valence-corrected chi connectivity index (χ4v) is 3.10. The standard InChI is InChI=1S/C22H19ClFN5O2/c1-25-21-7-13(5-6-26-21)12-31-20-10-18-14(8-19(20)30-2)11-27-22(29-18)28-17-4-3-15(23)9-16(17)24/h3-11H,12H2,1-2H3,(H,25,26)(H,27,28,29). The van der Waals surface area contributed by atoms with E-state index in [-0.39, 0.29) is 11.6 Å². The van der Waals surface area contributed by atoms with Gasteiger partial charge < -0.3 is 20.1 Å². The molecule has 0 fully saturated rings. The van der Waals surface area contributed by atoms with Gasteiger partial charge in [0, 0.05) is 35.9 Å². The number of hydrogen-bond donors (Lipinski definition) is 2. The molecule has 9 heteroatoms. The third-order valence-corrected chi connectivity index (χ3v) is 4.75. The summed E-state index contributed by atoms with van der Waals surface area (Å²) in [5.74, 6) is 1.60. The average Bonchev–Trinajstić information content (AvgIpc) is 2.79. The van der Waals surface area contributed by atoms with E-state index >= 15 is 0 Å². The SMILES string of the molecule is CNc1cc(COc2cc3nc(Nc4ccc(Cl)cc4F)ncc3cc2OC)ccn1. The van der Waals surface area contributed by atoms with Crippen molar-refractivity contribution in [2.45, 2.75) is 6.61 Å². The van der Waals surface area contributed by atoms with E-state index < -0.39 is 5.82 Å². The Kier molecular flexibility index (Phi) is 5.99. The maximum Gasteiger partial charge on any atom is 0.227 e. The lowest BCUT2D eigenvalue weighted by molar-refractivity contribution is 0.285. The number of nitrogens with zero attached hydrogens (tertiary/aromatic N) is 3. The summed E-state index contributed by atoms with van der Waals surface area (Å²) in [6.45, 7) is 0.325. The first-order valence-electron chi connectivity index (χ1n) is 9.38. The minimum atomic E-state index is -0.492. The highest BCUT2D eigenvalue weighted by atomic mass is 35.5. The number of pyridine rings is 1. The minimum Gasteiger partial charge on any atom is -0.493 e. The minimum absolute atomic E-state index is 0.228. The van der Waals surface area contributed by atoms with E-state index in [1.807, 2.05) is 12.1 Å². The average molecular weight is 440 g/mol. The van der Waals surface area contributed by atoms with Crippen LogP contribution in [-0.2, 0) is 6.61 Å². The fraction of sp³-hybridized carbons (Fsp3) is 0.136. The van der Waals surface area contributed by atoms with Crippen LogP contribution < -0.4 is 20.1 Å². The van der Waals surface area contributed by atoms with Gasteiger partial charge in [-0.2, -0.15) is 0 Å². The molecular weight excluding hydrogens is 421 g/mol. The number of fused-ring (bicyclic) bond motifs is 1. The highest BCUT2D eigenvalue weighted by molar-refractivity contribution is 6.30. The van der Waals surface area contributed by atoms with Crippen LogP contribution in [0.1, 0.15) is 5.56 Å². The van der Waals surface area contributed by atoms with E-state index in [2.05, 4.69) is 25.6 Å². The van der Waals surface area contributed by atoms with Gasteiger partial charge in [0.25, 0.3) is 0 Å². The van der Waals surface area contributed by atoms with Gasteiger partial charge in [0.15, 0.2) is 11.5 Å². The van der Waals surface area contributed by atoms with Gasteiger partial charge in [0.05, 0.1) is 18.3 Å². The molecule has 31 heavy (non-hydrogen) atoms. The molecule has 0 atom stereocenters. The summed E-state index contributed by atoms with van der Waals surface area (Å²) in [5.41, 5.74) is 1.80. The number of ether oxygens (including phenoxy) is 2. The lowest BCUT2D eigenvalue weighted by Gasteiger charge is -2.13. The molecule has 4 aromatic rings. The maximum atomic E-state index is 14.1. The molecule has 0 amide bonds. The molecule has 0 aliphatic carbocycles. The number of halogens is 2. The van der Waals surface area contributed by atoms with Crippen molar-refractivity contribution in [3.8, 4) is 11.5 Å². The van der Waals surface area contributed by atoms with Crippen LogP contribution in [0.3, 0.4) is 0 Å². The van der Waals surface area contributed by atoms with Crippen LogP contribution in [0, 0.1) is 5.82 Å². The van der Waals surface area contributed by atoms with Crippen molar-refractivity contribution in [2.75, 3.05) is 24.8 Å². The maximum absolute atomic E-state index is 14.1. The number of aromatic nitrogens is 3. The van der Waals surface area contributed by atoms with Crippen molar-refractivity contribution in [1.29, 1.82) is 0 Å². The Morgan fingerprint density at radius 2 is 1.94 bits per heavy atom. The van der Waals surface area contributed by atoms with Crippen molar-refractivity contribution in [1.82, 2.24) is 15.0 Å². The quantitative estimate of drug-likeness (QED) is 0.410. The Hall–Kier alpha value is -3.65. The largest absolute Gasteiger partial charge is 0.493 e. The van der Waals surface area contributed by atoms with Crippen LogP contribution >= 0.6 is 11.6 Å². The summed E-state index contributed by atoms with van der Waals surface area (Å²) < 4.78 is 25.5. The van der Waals surface area contributed by atoms with E-state index in [1.165, 1.54) is 12.1 Å². The molecule has 0 bridgehead atoms. The summed E-state index contributed by atoms with van der Waals surface area (Å²) in [6.07, 6.45) is 3.34. The molecule has 2 heterocycles. The van der Waals surface area contributed by atoms with Gasteiger partial charge in [-0.3, -0.25) is 0 Å². The Labute approximate surface area is 183 Å². The molecule has 0 unspecified atom stereocenters. The summed E-state index contributed by atoms with van der Waals surface area (Å²) in [6, 6.07) is 11.7. The number of rotatable bonds is 7. The zero-order chi connectivity index (χ0) is 21.8. The molecule has 0 spiro atoms. The topological polar surface area (TPSA) is 81.2 Å². The fourth-order valence-electron chi connectivity index (χ4n) is 2.94. The summed E-state index contributed by atoms with van der Waals surface area (Å²) >= 11 is 5.80. The second-order valence-electron chi connectivity index (χ2n) is 6.59. The molecule has 4 rings (SSSR count). The second kappa shape index (κ2) is 9.01. The molecular formula is C22H19ClFN5O2. The Morgan fingerprint density at radius 3 is 2.71 bits per heavy atom. The molecule has 158 valence electrons. The van der Waals surface area contributed by atoms with E-state index in [0.717, 1.165) is 16.8 Å². The predicted molar refractivity (Wildman–Crippen MR) is 119 cm³/mol. The van der Waals surface area contributed by atoms with Crippen LogP contribution in [0.5, 0.6) is 11.5 Å². The van der Waals surface area contributed by atoms with Crippen molar-refractivity contribution >= 4 is 40.0 Å². The van der Waals surface area contributed by atoms with Gasteiger partial charge in [-0.05, 0) is 42.0 Å². The zero-order valence-electron chi connectivity index (χ0n) is 16.8. The van der Waals surface area contributed by atoms with Crippen LogP contribution in [0.4, 0.5) is 21.8 Å². The molecule has 0 saturated carbocycles. The molecule has 2 N–H and O–H groups in total. The Bertz CT molecular complexity index is 1240. The predicted octanol–water partition coefficient (Wildman–Crippen LogP) is 5.19. The monoisotopic (exact) mass is 439 g/mol. The van der Waals surface area contributed by atoms with Gasteiger partial charge in [-0.25, -0.2) is 19.3 Å². The highest BCUT2D eigenvalue weighted by Crippen LogP contribution is 2.33. The third kappa shape index (κ3) is 4.75. The Morgan fingerprint density at radius 1 is 1.06 bits per heavy atom. The first kappa shape index (κ1) is 20.6. The number of nitrogens with one attached hydrogen (secondary N) is 2. The summed E-state index contributed by atoms with van der Waals surface area (Å²) in [4.78, 5) is 12.9. The van der Waals surface area contributed by atoms with Crippen molar-refractivity contribution in [2.24, 2.45) is 0 Å². The van der Waals surface area contributed by atoms with Crippen molar-refractivity contribution in [3.63, 3.8) is 0 Å². The number of benzene rings is 2. The normalized spacial score (nSPS) is 10.7. The van der Waals surface area contributed by atoms with Crippen LogP contribution in [-0.4, -0.2) is 29.1 Å². The first-order valence-corrected chi connectivity index (χ1v) is 9.76. The smallest absolute Gasteiger partial charge is 0.227 e. The number of hydrogen-bond acceptors (Lipinski definition) is 7. The van der Waals surface area contributed by atoms with Crippen LogP contribution in [0.15, 0.2) is 54.9 Å². The summed E-state index contributed by atoms with van der Waals surface area (Å²) in [5, 5.41) is 6.93. The summed E-state index contributed by atoms with van der Waals surface area (Å²) in [7, 11) is 3.38. The lowest BCUT2D eigenvalue weighted by Crippen LogP contribution is -2.01. The Balaban J connectivity index is 1.60. The zero-order valence-corrected chi connectivity index (χ0v) is 17.6. The van der Waals surface area contributed by atoms with E-state index in [0.29, 0.717) is 28.6 Å². The molecule has 7 nitrogen and oxygen atoms in total. The first-order chi connectivity index (χ1) is 15.1. The van der Waals surface area contributed by atoms with Crippen molar-refractivity contribution in [3.05, 3.63) is 71.3 Å². The molecule has 0 aliphatic rings. The lowest BCUT2D eigenvalue weighted by atomic mass is 10.2. The van der Waals surface area contributed by atoms with E-state index in [4.69, 9.17) is 21.1 Å².